The summed E-state index contributed by atoms with van der Waals surface area (Å²) in [5, 5.41) is 2.23. The molecule has 1 saturated heterocycles. The van der Waals surface area contributed by atoms with Gasteiger partial charge in [0.2, 0.25) is 0 Å². The highest BCUT2D eigenvalue weighted by atomic mass is 15.6. The van der Waals surface area contributed by atoms with E-state index in [2.05, 4.69) is 28.5 Å². The Morgan fingerprint density at radius 2 is 2.08 bits per heavy atom. The molecule has 2 aliphatic heterocycles. The predicted molar refractivity (Wildman–Crippen MR) is 51.4 cm³/mol. The number of nitrogens with zero attached hydrogens (tertiary/aromatic N) is 2. The van der Waals surface area contributed by atoms with Crippen LogP contribution in [-0.2, 0) is 0 Å². The number of rotatable bonds is 0. The maximum atomic E-state index is 3.29. The van der Waals surface area contributed by atoms with Gasteiger partial charge in [-0.05, 0) is 12.5 Å². The lowest BCUT2D eigenvalue weighted by molar-refractivity contribution is 0.154. The third-order valence-electron chi connectivity index (χ3n) is 2.11. The summed E-state index contributed by atoms with van der Waals surface area (Å²) >= 11 is 0. The van der Waals surface area contributed by atoms with Crippen LogP contribution >= 0.6 is 0 Å². The number of hydrogen-bond donors (Lipinski definition) is 1. The molecular weight excluding hydrogens is 150 g/mol. The molecule has 0 spiro atoms. The van der Waals surface area contributed by atoms with Gasteiger partial charge in [0.15, 0.2) is 0 Å². The fourth-order valence-electron chi connectivity index (χ4n) is 1.57. The quantitative estimate of drug-likeness (QED) is 0.584. The Kier molecular flexibility index (Phi) is 3.41. The third kappa shape index (κ3) is 1.72. The summed E-state index contributed by atoms with van der Waals surface area (Å²) in [6.45, 7) is 7.36. The van der Waals surface area contributed by atoms with E-state index in [4.69, 9.17) is 0 Å². The third-order valence-corrected chi connectivity index (χ3v) is 2.11. The molecule has 12 heavy (non-hydrogen) atoms. The molecule has 0 unspecified atom stereocenters. The molecule has 0 bridgehead atoms. The van der Waals surface area contributed by atoms with Crippen LogP contribution in [0.3, 0.4) is 0 Å². The van der Waals surface area contributed by atoms with Gasteiger partial charge in [0.1, 0.15) is 5.82 Å². The lowest BCUT2D eigenvalue weighted by Gasteiger charge is -2.34. The number of fused-ring (bicyclic) bond motifs is 1. The van der Waals surface area contributed by atoms with E-state index in [1.165, 1.54) is 18.8 Å². The van der Waals surface area contributed by atoms with Gasteiger partial charge in [0, 0.05) is 26.7 Å². The van der Waals surface area contributed by atoms with Gasteiger partial charge < -0.3 is 4.90 Å². The highest BCUT2D eigenvalue weighted by Crippen LogP contribution is 2.16. The number of hydrazine groups is 1. The SMILES string of the molecule is CC.CN1CCCN2NCC=C12. The van der Waals surface area contributed by atoms with E-state index >= 15 is 0 Å². The first-order valence-corrected chi connectivity index (χ1v) is 4.80. The van der Waals surface area contributed by atoms with E-state index in [0.29, 0.717) is 0 Å². The van der Waals surface area contributed by atoms with Crippen molar-refractivity contribution in [2.75, 3.05) is 26.7 Å². The maximum absolute atomic E-state index is 3.29. The Hall–Kier alpha value is -0.700. The van der Waals surface area contributed by atoms with Crippen LogP contribution in [0.2, 0.25) is 0 Å². The minimum Gasteiger partial charge on any atom is -0.360 e. The van der Waals surface area contributed by atoms with Crippen molar-refractivity contribution in [3.8, 4) is 0 Å². The molecule has 3 heteroatoms. The zero-order chi connectivity index (χ0) is 8.97. The van der Waals surface area contributed by atoms with Gasteiger partial charge in [0.05, 0.1) is 0 Å². The highest BCUT2D eigenvalue weighted by Gasteiger charge is 2.21. The zero-order valence-corrected chi connectivity index (χ0v) is 8.30. The van der Waals surface area contributed by atoms with E-state index in [1.54, 1.807) is 0 Å². The maximum Gasteiger partial charge on any atom is 0.115 e. The van der Waals surface area contributed by atoms with Crippen LogP contribution in [0.4, 0.5) is 0 Å². The Balaban J connectivity index is 0.000000336. The van der Waals surface area contributed by atoms with Crippen molar-refractivity contribution >= 4 is 0 Å². The minimum absolute atomic E-state index is 1.000. The standard InChI is InChI=1S/C7H13N3.C2H6/c1-9-5-2-6-10-7(9)3-4-8-10;1-2/h3,8H,2,4-6H2,1H3;1-2H3. The van der Waals surface area contributed by atoms with Crippen LogP contribution in [0.5, 0.6) is 0 Å². The molecule has 3 nitrogen and oxygen atoms in total. The minimum atomic E-state index is 1.000. The lowest BCUT2D eigenvalue weighted by Crippen LogP contribution is -2.43. The van der Waals surface area contributed by atoms with Crippen molar-refractivity contribution in [1.82, 2.24) is 15.3 Å². The summed E-state index contributed by atoms with van der Waals surface area (Å²) in [5.41, 5.74) is 3.29. The Morgan fingerprint density at radius 1 is 1.33 bits per heavy atom. The second-order valence-electron chi connectivity index (χ2n) is 2.85. The summed E-state index contributed by atoms with van der Waals surface area (Å²) in [4.78, 5) is 2.30. The highest BCUT2D eigenvalue weighted by molar-refractivity contribution is 5.06. The summed E-state index contributed by atoms with van der Waals surface area (Å²) in [6, 6.07) is 0. The fraction of sp³-hybridized carbons (Fsp3) is 0.778. The predicted octanol–water partition coefficient (Wildman–Crippen LogP) is 1.01. The summed E-state index contributed by atoms with van der Waals surface area (Å²) < 4.78 is 0. The smallest absolute Gasteiger partial charge is 0.115 e. The molecule has 0 saturated carbocycles. The van der Waals surface area contributed by atoms with Gasteiger partial charge in [-0.2, -0.15) is 0 Å². The Labute approximate surface area is 75.0 Å². The monoisotopic (exact) mass is 169 g/mol. The van der Waals surface area contributed by atoms with Crippen LogP contribution in [0.1, 0.15) is 20.3 Å². The van der Waals surface area contributed by atoms with Gasteiger partial charge in [-0.15, -0.1) is 0 Å². The van der Waals surface area contributed by atoms with Gasteiger partial charge >= 0.3 is 0 Å². The molecule has 0 amide bonds. The van der Waals surface area contributed by atoms with Gasteiger partial charge in [0.25, 0.3) is 0 Å². The van der Waals surface area contributed by atoms with Crippen molar-refractivity contribution in [3.05, 3.63) is 11.9 Å². The molecule has 2 aliphatic rings. The first-order valence-electron chi connectivity index (χ1n) is 4.80. The molecule has 0 aliphatic carbocycles. The molecular formula is C9H19N3. The van der Waals surface area contributed by atoms with Crippen LogP contribution in [0, 0.1) is 0 Å². The van der Waals surface area contributed by atoms with Gasteiger partial charge in [-0.1, -0.05) is 13.8 Å². The second kappa shape index (κ2) is 4.36. The first kappa shape index (κ1) is 9.39. The van der Waals surface area contributed by atoms with Crippen LogP contribution < -0.4 is 5.43 Å². The molecule has 1 fully saturated rings. The van der Waals surface area contributed by atoms with Crippen LogP contribution in [0.15, 0.2) is 11.9 Å². The summed E-state index contributed by atoms with van der Waals surface area (Å²) in [5.74, 6) is 1.35. The van der Waals surface area contributed by atoms with Crippen molar-refractivity contribution in [2.45, 2.75) is 20.3 Å². The van der Waals surface area contributed by atoms with E-state index in [0.717, 1.165) is 13.1 Å². The van der Waals surface area contributed by atoms with E-state index in [-0.39, 0.29) is 0 Å². The van der Waals surface area contributed by atoms with Crippen molar-refractivity contribution in [3.63, 3.8) is 0 Å². The van der Waals surface area contributed by atoms with Crippen LogP contribution in [0.25, 0.3) is 0 Å². The molecule has 0 aromatic rings. The largest absolute Gasteiger partial charge is 0.360 e. The normalized spacial score (nSPS) is 21.1. The molecule has 2 heterocycles. The molecule has 70 valence electrons. The van der Waals surface area contributed by atoms with E-state index < -0.39 is 0 Å². The van der Waals surface area contributed by atoms with Gasteiger partial charge in [-0.3, -0.25) is 5.01 Å². The Morgan fingerprint density at radius 3 is 2.75 bits per heavy atom. The summed E-state index contributed by atoms with van der Waals surface area (Å²) in [6.07, 6.45) is 3.50. The van der Waals surface area contributed by atoms with Crippen LogP contribution in [-0.4, -0.2) is 36.6 Å². The van der Waals surface area contributed by atoms with Crippen molar-refractivity contribution in [1.29, 1.82) is 0 Å². The molecule has 2 rings (SSSR count). The lowest BCUT2D eigenvalue weighted by atomic mass is 10.3. The molecule has 1 N–H and O–H groups in total. The number of hydrogen-bond acceptors (Lipinski definition) is 3. The van der Waals surface area contributed by atoms with E-state index in [9.17, 15) is 0 Å². The first-order chi connectivity index (χ1) is 5.88. The molecule has 0 atom stereocenters. The average molecular weight is 169 g/mol. The summed E-state index contributed by atoms with van der Waals surface area (Å²) in [7, 11) is 2.14. The molecule has 0 aromatic carbocycles. The van der Waals surface area contributed by atoms with E-state index in [1.807, 2.05) is 13.8 Å². The van der Waals surface area contributed by atoms with Crippen molar-refractivity contribution in [2.24, 2.45) is 0 Å². The second-order valence-corrected chi connectivity index (χ2v) is 2.85. The zero-order valence-electron chi connectivity index (χ0n) is 8.30. The Bertz CT molecular complexity index is 165. The average Bonchev–Trinajstić information content (AvgIpc) is 2.57. The molecule has 0 radical (unpaired) electrons. The topological polar surface area (TPSA) is 18.5 Å². The van der Waals surface area contributed by atoms with Gasteiger partial charge in [-0.25, -0.2) is 5.43 Å². The molecule has 0 aromatic heterocycles. The fourth-order valence-corrected chi connectivity index (χ4v) is 1.57. The van der Waals surface area contributed by atoms with Crippen molar-refractivity contribution < 1.29 is 0 Å². The number of nitrogens with one attached hydrogen (secondary N) is 1.